The average molecular weight is 220 g/mol. The fourth-order valence-electron chi connectivity index (χ4n) is 1.83. The van der Waals surface area contributed by atoms with E-state index in [0.29, 0.717) is 6.41 Å². The van der Waals surface area contributed by atoms with Gasteiger partial charge in [0.15, 0.2) is 0 Å². The molecule has 86 valence electrons. The number of aryl methyl sites for hydroxylation is 2. The van der Waals surface area contributed by atoms with Crippen LogP contribution in [0.15, 0.2) is 6.07 Å². The number of carbonyl (C=O) groups is 2. The lowest BCUT2D eigenvalue weighted by Gasteiger charge is -2.16. The van der Waals surface area contributed by atoms with Crippen LogP contribution >= 0.6 is 0 Å². The second-order valence-corrected chi connectivity index (χ2v) is 3.83. The van der Waals surface area contributed by atoms with Crippen LogP contribution in [0.4, 0.5) is 11.4 Å². The molecule has 2 amide bonds. The zero-order chi connectivity index (χ0) is 12.3. The summed E-state index contributed by atoms with van der Waals surface area (Å²) in [5.74, 6) is -0.118. The van der Waals surface area contributed by atoms with E-state index in [1.165, 1.54) is 6.92 Å². The summed E-state index contributed by atoms with van der Waals surface area (Å²) in [7, 11) is 0. The van der Waals surface area contributed by atoms with Crippen molar-refractivity contribution in [1.82, 2.24) is 0 Å². The molecule has 1 aromatic rings. The first-order valence-electron chi connectivity index (χ1n) is 5.06. The van der Waals surface area contributed by atoms with E-state index in [9.17, 15) is 9.59 Å². The van der Waals surface area contributed by atoms with Gasteiger partial charge in [0.25, 0.3) is 0 Å². The van der Waals surface area contributed by atoms with Gasteiger partial charge >= 0.3 is 0 Å². The Bertz CT molecular complexity index is 439. The normalized spacial score (nSPS) is 9.75. The fourth-order valence-corrected chi connectivity index (χ4v) is 1.83. The zero-order valence-corrected chi connectivity index (χ0v) is 9.97. The Morgan fingerprint density at radius 1 is 1.19 bits per heavy atom. The van der Waals surface area contributed by atoms with Gasteiger partial charge < -0.3 is 10.6 Å². The molecule has 0 spiro atoms. The summed E-state index contributed by atoms with van der Waals surface area (Å²) in [6.07, 6.45) is 0.641. The van der Waals surface area contributed by atoms with Gasteiger partial charge in [0.2, 0.25) is 12.3 Å². The zero-order valence-electron chi connectivity index (χ0n) is 9.97. The third-order valence-electron chi connectivity index (χ3n) is 2.48. The maximum atomic E-state index is 11.1. The molecule has 0 atom stereocenters. The van der Waals surface area contributed by atoms with Crippen LogP contribution in [0.2, 0.25) is 0 Å². The predicted molar refractivity (Wildman–Crippen MR) is 64.6 cm³/mol. The number of benzene rings is 1. The smallest absolute Gasteiger partial charge is 0.221 e. The number of hydrogen-bond acceptors (Lipinski definition) is 2. The van der Waals surface area contributed by atoms with Gasteiger partial charge in [-0.3, -0.25) is 9.59 Å². The SMILES string of the molecule is CC(=O)Nc1c(C)cc(C)c(NC=O)c1C. The molecule has 4 nitrogen and oxygen atoms in total. The van der Waals surface area contributed by atoms with Crippen molar-refractivity contribution in [3.05, 3.63) is 22.8 Å². The maximum absolute atomic E-state index is 11.1. The van der Waals surface area contributed by atoms with Gasteiger partial charge in [-0.15, -0.1) is 0 Å². The number of carbonyl (C=O) groups excluding carboxylic acids is 2. The molecule has 0 aliphatic rings. The number of nitrogens with one attached hydrogen (secondary N) is 2. The Kier molecular flexibility index (Phi) is 3.66. The van der Waals surface area contributed by atoms with Gasteiger partial charge in [-0.05, 0) is 37.5 Å². The van der Waals surface area contributed by atoms with E-state index in [-0.39, 0.29) is 5.91 Å². The highest BCUT2D eigenvalue weighted by molar-refractivity contribution is 5.93. The van der Waals surface area contributed by atoms with Crippen LogP contribution in [0.25, 0.3) is 0 Å². The molecule has 0 saturated carbocycles. The van der Waals surface area contributed by atoms with E-state index in [1.807, 2.05) is 26.8 Å². The van der Waals surface area contributed by atoms with E-state index < -0.39 is 0 Å². The van der Waals surface area contributed by atoms with Crippen molar-refractivity contribution in [2.24, 2.45) is 0 Å². The molecule has 0 bridgehead atoms. The summed E-state index contributed by atoms with van der Waals surface area (Å²) in [5, 5.41) is 5.43. The minimum Gasteiger partial charge on any atom is -0.328 e. The Hall–Kier alpha value is -1.84. The summed E-state index contributed by atoms with van der Waals surface area (Å²) in [4.78, 5) is 21.6. The van der Waals surface area contributed by atoms with Gasteiger partial charge in [-0.25, -0.2) is 0 Å². The maximum Gasteiger partial charge on any atom is 0.221 e. The standard InChI is InChI=1S/C12H16N2O2/c1-7-5-8(2)12(14-10(4)16)9(3)11(7)13-6-15/h5-6H,1-4H3,(H,13,15)(H,14,16). The Morgan fingerprint density at radius 3 is 2.25 bits per heavy atom. The second kappa shape index (κ2) is 4.79. The van der Waals surface area contributed by atoms with Crippen LogP contribution in [0.1, 0.15) is 23.6 Å². The van der Waals surface area contributed by atoms with Crippen LogP contribution in [-0.4, -0.2) is 12.3 Å². The Labute approximate surface area is 95.0 Å². The van der Waals surface area contributed by atoms with Crippen molar-refractivity contribution in [2.45, 2.75) is 27.7 Å². The van der Waals surface area contributed by atoms with Crippen molar-refractivity contribution < 1.29 is 9.59 Å². The van der Waals surface area contributed by atoms with E-state index in [0.717, 1.165) is 28.1 Å². The third kappa shape index (κ3) is 2.39. The number of anilines is 2. The fraction of sp³-hybridized carbons (Fsp3) is 0.333. The molecule has 0 aliphatic heterocycles. The number of rotatable bonds is 3. The predicted octanol–water partition coefficient (Wildman–Crippen LogP) is 2.14. The van der Waals surface area contributed by atoms with E-state index >= 15 is 0 Å². The molecule has 1 rings (SSSR count). The minimum atomic E-state index is -0.118. The quantitative estimate of drug-likeness (QED) is 0.767. The first kappa shape index (κ1) is 12.2. The highest BCUT2D eigenvalue weighted by Crippen LogP contribution is 2.30. The molecule has 2 N–H and O–H groups in total. The largest absolute Gasteiger partial charge is 0.328 e. The van der Waals surface area contributed by atoms with E-state index in [4.69, 9.17) is 0 Å². The summed E-state index contributed by atoms with van der Waals surface area (Å²) in [5.41, 5.74) is 4.37. The first-order valence-corrected chi connectivity index (χ1v) is 5.06. The van der Waals surface area contributed by atoms with E-state index in [2.05, 4.69) is 10.6 Å². The molecule has 0 heterocycles. The number of hydrogen-bond donors (Lipinski definition) is 2. The first-order chi connectivity index (χ1) is 7.47. The highest BCUT2D eigenvalue weighted by Gasteiger charge is 2.11. The molecule has 0 aliphatic carbocycles. The average Bonchev–Trinajstić information content (AvgIpc) is 2.19. The van der Waals surface area contributed by atoms with Crippen molar-refractivity contribution in [1.29, 1.82) is 0 Å². The van der Waals surface area contributed by atoms with Crippen LogP contribution in [0, 0.1) is 20.8 Å². The molecular formula is C12H16N2O2. The van der Waals surface area contributed by atoms with Gasteiger partial charge in [0.05, 0.1) is 0 Å². The highest BCUT2D eigenvalue weighted by atomic mass is 16.1. The lowest BCUT2D eigenvalue weighted by Crippen LogP contribution is -2.11. The van der Waals surface area contributed by atoms with Gasteiger partial charge in [0.1, 0.15) is 0 Å². The summed E-state index contributed by atoms with van der Waals surface area (Å²) >= 11 is 0. The molecule has 4 heteroatoms. The second-order valence-electron chi connectivity index (χ2n) is 3.83. The summed E-state index contributed by atoms with van der Waals surface area (Å²) in [6, 6.07) is 1.93. The monoisotopic (exact) mass is 220 g/mol. The third-order valence-corrected chi connectivity index (χ3v) is 2.48. The van der Waals surface area contributed by atoms with Crippen LogP contribution in [-0.2, 0) is 9.59 Å². The van der Waals surface area contributed by atoms with Crippen LogP contribution in [0.3, 0.4) is 0 Å². The molecule has 0 unspecified atom stereocenters. The van der Waals surface area contributed by atoms with Crippen LogP contribution in [0.5, 0.6) is 0 Å². The minimum absolute atomic E-state index is 0.118. The lowest BCUT2D eigenvalue weighted by atomic mass is 10.0. The van der Waals surface area contributed by atoms with E-state index in [1.54, 1.807) is 0 Å². The Balaban J connectivity index is 3.32. The van der Waals surface area contributed by atoms with Crippen molar-refractivity contribution in [2.75, 3.05) is 10.6 Å². The van der Waals surface area contributed by atoms with Crippen molar-refractivity contribution >= 4 is 23.7 Å². The molecule has 0 fully saturated rings. The van der Waals surface area contributed by atoms with Crippen molar-refractivity contribution in [3.8, 4) is 0 Å². The topological polar surface area (TPSA) is 58.2 Å². The summed E-state index contributed by atoms with van der Waals surface area (Å²) < 4.78 is 0. The summed E-state index contributed by atoms with van der Waals surface area (Å²) in [6.45, 7) is 7.18. The number of amides is 2. The molecule has 0 aromatic heterocycles. The van der Waals surface area contributed by atoms with Gasteiger partial charge in [-0.2, -0.15) is 0 Å². The molecule has 0 saturated heterocycles. The molecule has 1 aromatic carbocycles. The van der Waals surface area contributed by atoms with Gasteiger partial charge in [-0.1, -0.05) is 6.07 Å². The molecule has 16 heavy (non-hydrogen) atoms. The molecule has 0 radical (unpaired) electrons. The van der Waals surface area contributed by atoms with Crippen LogP contribution < -0.4 is 10.6 Å². The van der Waals surface area contributed by atoms with Gasteiger partial charge in [0, 0.05) is 18.3 Å². The van der Waals surface area contributed by atoms with Crippen molar-refractivity contribution in [3.63, 3.8) is 0 Å². The molecular weight excluding hydrogens is 204 g/mol. The Morgan fingerprint density at radius 2 is 1.75 bits per heavy atom. The lowest BCUT2D eigenvalue weighted by molar-refractivity contribution is -0.114.